The molecule has 1 amide bonds. The summed E-state index contributed by atoms with van der Waals surface area (Å²) in [6.07, 6.45) is 3.27. The number of rotatable bonds is 3. The predicted molar refractivity (Wildman–Crippen MR) is 70.8 cm³/mol. The summed E-state index contributed by atoms with van der Waals surface area (Å²) in [5.41, 5.74) is 2.59. The van der Waals surface area contributed by atoms with Crippen LogP contribution in [0.15, 0.2) is 23.4 Å². The number of piperazine rings is 1. The second kappa shape index (κ2) is 6.14. The molecule has 0 atom stereocenters. The second-order valence-electron chi connectivity index (χ2n) is 4.21. The Morgan fingerprint density at radius 1 is 1.39 bits per heavy atom. The van der Waals surface area contributed by atoms with Gasteiger partial charge >= 0.3 is 0 Å². The Bertz CT molecular complexity index is 420. The first-order valence-electron chi connectivity index (χ1n) is 5.76. The summed E-state index contributed by atoms with van der Waals surface area (Å²) in [5, 5.41) is 0. The zero-order chi connectivity index (χ0) is 13.0. The molecule has 2 heterocycles. The molecule has 1 aromatic rings. The number of nitrogen functional groups attached to an aromatic ring is 1. The summed E-state index contributed by atoms with van der Waals surface area (Å²) in [6, 6.07) is 1.80. The van der Waals surface area contributed by atoms with Crippen LogP contribution in [0.25, 0.3) is 0 Å². The zero-order valence-corrected chi connectivity index (χ0v) is 11.1. The number of nitrogens with zero attached hydrogens (tertiary/aromatic N) is 3. The molecular formula is C11H17N5OS. The van der Waals surface area contributed by atoms with E-state index in [1.807, 2.05) is 0 Å². The first kappa shape index (κ1) is 13.3. The Labute approximate surface area is 111 Å². The standard InChI is InChI=1S/C11H17N5OS/c1-15-2-4-16(5-3-15)18-10-6-9(7-13-8-10)11(17)14-12/h6-8H,2-5,12H2,1H3,(H,14,17). The lowest BCUT2D eigenvalue weighted by atomic mass is 10.3. The van der Waals surface area contributed by atoms with Gasteiger partial charge in [0.25, 0.3) is 5.91 Å². The zero-order valence-electron chi connectivity index (χ0n) is 10.3. The number of nitrogens with two attached hydrogens (primary N) is 1. The van der Waals surface area contributed by atoms with E-state index in [0.29, 0.717) is 5.56 Å². The number of nitrogens with one attached hydrogen (secondary N) is 1. The quantitative estimate of drug-likeness (QED) is 0.346. The second-order valence-corrected chi connectivity index (χ2v) is 5.38. The molecule has 0 saturated carbocycles. The van der Waals surface area contributed by atoms with Crippen molar-refractivity contribution in [1.29, 1.82) is 0 Å². The van der Waals surface area contributed by atoms with Crippen molar-refractivity contribution in [3.63, 3.8) is 0 Å². The van der Waals surface area contributed by atoms with Crippen LogP contribution in [0.1, 0.15) is 10.4 Å². The summed E-state index contributed by atoms with van der Waals surface area (Å²) in [7, 11) is 2.12. The molecule has 3 N–H and O–H groups in total. The van der Waals surface area contributed by atoms with E-state index < -0.39 is 0 Å². The van der Waals surface area contributed by atoms with E-state index in [-0.39, 0.29) is 5.91 Å². The molecule has 6 nitrogen and oxygen atoms in total. The molecule has 1 aromatic heterocycles. The van der Waals surface area contributed by atoms with Crippen molar-refractivity contribution < 1.29 is 4.79 Å². The molecule has 1 fully saturated rings. The van der Waals surface area contributed by atoms with Crippen LogP contribution in [0.3, 0.4) is 0 Å². The molecule has 0 spiro atoms. The smallest absolute Gasteiger partial charge is 0.266 e. The fraction of sp³-hybridized carbons (Fsp3) is 0.455. The molecule has 1 saturated heterocycles. The van der Waals surface area contributed by atoms with Gasteiger partial charge in [-0.1, -0.05) is 0 Å². The van der Waals surface area contributed by atoms with Crippen molar-refractivity contribution in [2.75, 3.05) is 33.2 Å². The van der Waals surface area contributed by atoms with Crippen LogP contribution in [0.2, 0.25) is 0 Å². The molecule has 0 unspecified atom stereocenters. The minimum Gasteiger partial charge on any atom is -0.304 e. The minimum absolute atomic E-state index is 0.316. The fourth-order valence-electron chi connectivity index (χ4n) is 1.70. The number of carbonyl (C=O) groups is 1. The number of pyridine rings is 1. The van der Waals surface area contributed by atoms with E-state index in [4.69, 9.17) is 5.84 Å². The molecule has 7 heteroatoms. The van der Waals surface area contributed by atoms with E-state index in [9.17, 15) is 4.79 Å². The third-order valence-corrected chi connectivity index (χ3v) is 3.86. The highest BCUT2D eigenvalue weighted by Gasteiger charge is 2.15. The number of hydrogen-bond donors (Lipinski definition) is 2. The largest absolute Gasteiger partial charge is 0.304 e. The van der Waals surface area contributed by atoms with Gasteiger partial charge in [0.05, 0.1) is 5.56 Å². The van der Waals surface area contributed by atoms with Crippen molar-refractivity contribution in [2.24, 2.45) is 5.84 Å². The molecule has 0 aliphatic carbocycles. The first-order valence-corrected chi connectivity index (χ1v) is 6.54. The van der Waals surface area contributed by atoms with Gasteiger partial charge < -0.3 is 4.90 Å². The van der Waals surface area contributed by atoms with E-state index in [1.165, 1.54) is 6.20 Å². The Kier molecular flexibility index (Phi) is 4.54. The van der Waals surface area contributed by atoms with E-state index >= 15 is 0 Å². The highest BCUT2D eigenvalue weighted by atomic mass is 32.2. The molecule has 1 aliphatic rings. The lowest BCUT2D eigenvalue weighted by molar-refractivity contribution is 0.0953. The van der Waals surface area contributed by atoms with Gasteiger partial charge in [-0.3, -0.25) is 15.2 Å². The van der Waals surface area contributed by atoms with Gasteiger partial charge in [0.1, 0.15) is 0 Å². The molecule has 2 rings (SSSR count). The summed E-state index contributed by atoms with van der Waals surface area (Å²) in [6.45, 7) is 4.13. The monoisotopic (exact) mass is 267 g/mol. The third kappa shape index (κ3) is 3.42. The van der Waals surface area contributed by atoms with Crippen LogP contribution in [0.4, 0.5) is 0 Å². The summed E-state index contributed by atoms with van der Waals surface area (Å²) in [5.74, 6) is 4.79. The summed E-state index contributed by atoms with van der Waals surface area (Å²) >= 11 is 1.63. The number of likely N-dealkylation sites (N-methyl/N-ethyl adjacent to an activating group) is 1. The molecule has 0 bridgehead atoms. The lowest BCUT2D eigenvalue weighted by Crippen LogP contribution is -2.41. The normalized spacial score (nSPS) is 17.7. The third-order valence-electron chi connectivity index (χ3n) is 2.80. The average molecular weight is 267 g/mol. The van der Waals surface area contributed by atoms with Crippen LogP contribution in [-0.4, -0.2) is 53.3 Å². The minimum atomic E-state index is -0.316. The van der Waals surface area contributed by atoms with E-state index in [2.05, 4.69) is 26.7 Å². The molecular weight excluding hydrogens is 250 g/mol. The molecule has 0 aromatic carbocycles. The van der Waals surface area contributed by atoms with Crippen LogP contribution in [-0.2, 0) is 0 Å². The molecule has 98 valence electrons. The van der Waals surface area contributed by atoms with Crippen LogP contribution in [0, 0.1) is 0 Å². The Balaban J connectivity index is 1.99. The van der Waals surface area contributed by atoms with E-state index in [0.717, 1.165) is 31.1 Å². The van der Waals surface area contributed by atoms with Gasteiger partial charge in [-0.25, -0.2) is 10.1 Å². The molecule has 1 aliphatic heterocycles. The van der Waals surface area contributed by atoms with Crippen molar-refractivity contribution >= 4 is 17.9 Å². The van der Waals surface area contributed by atoms with Crippen LogP contribution >= 0.6 is 11.9 Å². The Morgan fingerprint density at radius 2 is 2.11 bits per heavy atom. The van der Waals surface area contributed by atoms with Crippen molar-refractivity contribution in [1.82, 2.24) is 19.6 Å². The predicted octanol–water partition coefficient (Wildman–Crippen LogP) is -0.0604. The van der Waals surface area contributed by atoms with Gasteiger partial charge in [-0.15, -0.1) is 0 Å². The summed E-state index contributed by atoms with van der Waals surface area (Å²) in [4.78, 5) is 18.7. The fourth-order valence-corrected chi connectivity index (χ4v) is 2.64. The van der Waals surface area contributed by atoms with Crippen LogP contribution in [0.5, 0.6) is 0 Å². The number of hydrogen-bond acceptors (Lipinski definition) is 6. The number of aromatic nitrogens is 1. The molecule has 18 heavy (non-hydrogen) atoms. The maximum atomic E-state index is 11.4. The van der Waals surface area contributed by atoms with Crippen LogP contribution < -0.4 is 11.3 Å². The van der Waals surface area contributed by atoms with Gasteiger partial charge in [0.2, 0.25) is 0 Å². The number of hydrazine groups is 1. The maximum absolute atomic E-state index is 11.4. The van der Waals surface area contributed by atoms with Gasteiger partial charge in [0.15, 0.2) is 0 Å². The number of carbonyl (C=O) groups excluding carboxylic acids is 1. The van der Waals surface area contributed by atoms with Gasteiger partial charge in [0, 0.05) is 43.5 Å². The van der Waals surface area contributed by atoms with Gasteiger partial charge in [-0.2, -0.15) is 0 Å². The van der Waals surface area contributed by atoms with Gasteiger partial charge in [-0.05, 0) is 25.1 Å². The lowest BCUT2D eigenvalue weighted by Gasteiger charge is -2.31. The number of amides is 1. The SMILES string of the molecule is CN1CCN(Sc2cncc(C(=O)NN)c2)CC1. The Morgan fingerprint density at radius 3 is 2.78 bits per heavy atom. The maximum Gasteiger partial charge on any atom is 0.266 e. The molecule has 0 radical (unpaired) electrons. The summed E-state index contributed by atoms with van der Waals surface area (Å²) < 4.78 is 2.28. The first-order chi connectivity index (χ1) is 8.69. The highest BCUT2D eigenvalue weighted by molar-refractivity contribution is 7.97. The Hall–Kier alpha value is -1.15. The van der Waals surface area contributed by atoms with Crippen molar-refractivity contribution in [2.45, 2.75) is 4.90 Å². The highest BCUT2D eigenvalue weighted by Crippen LogP contribution is 2.23. The average Bonchev–Trinajstić information content (AvgIpc) is 2.41. The van der Waals surface area contributed by atoms with Crippen molar-refractivity contribution in [3.05, 3.63) is 24.0 Å². The van der Waals surface area contributed by atoms with E-state index in [1.54, 1.807) is 24.2 Å². The van der Waals surface area contributed by atoms with Crippen molar-refractivity contribution in [3.8, 4) is 0 Å². The topological polar surface area (TPSA) is 74.5 Å².